The van der Waals surface area contributed by atoms with Crippen molar-refractivity contribution in [1.29, 1.82) is 0 Å². The lowest BCUT2D eigenvalue weighted by Crippen LogP contribution is -2.61. The van der Waals surface area contributed by atoms with Crippen LogP contribution < -0.4 is 5.32 Å². The Labute approximate surface area is 469 Å². The smallest absolute Gasteiger partial charge is 0.306 e. The van der Waals surface area contributed by atoms with Crippen molar-refractivity contribution in [3.05, 3.63) is 97.2 Å². The first-order valence-corrected chi connectivity index (χ1v) is 31.0. The maximum Gasteiger partial charge on any atom is 0.306 e. The number of carbonyl (C=O) groups is 2. The van der Waals surface area contributed by atoms with Gasteiger partial charge in [-0.2, -0.15) is 0 Å². The quantitative estimate of drug-likeness (QED) is 0.0195. The Bertz CT molecular complexity index is 1620. The van der Waals surface area contributed by atoms with Gasteiger partial charge in [0.25, 0.3) is 0 Å². The number of aliphatic hydroxyl groups excluding tert-OH is 5. The molecule has 1 fully saturated rings. The second-order valence-corrected chi connectivity index (χ2v) is 21.0. The lowest BCUT2D eigenvalue weighted by Gasteiger charge is -2.41. The summed E-state index contributed by atoms with van der Waals surface area (Å²) in [5, 5.41) is 56.8. The van der Waals surface area contributed by atoms with Crippen molar-refractivity contribution in [3.8, 4) is 0 Å². The summed E-state index contributed by atoms with van der Waals surface area (Å²) < 4.78 is 17.6. The Hall–Kier alpha value is -3.42. The molecule has 1 rings (SSSR count). The number of hydrogen-bond acceptors (Lipinski definition) is 10. The van der Waals surface area contributed by atoms with Crippen LogP contribution in [0.5, 0.6) is 0 Å². The Morgan fingerprint density at radius 2 is 0.935 bits per heavy atom. The zero-order valence-corrected chi connectivity index (χ0v) is 48.8. The molecule has 0 spiro atoms. The highest BCUT2D eigenvalue weighted by atomic mass is 16.7. The van der Waals surface area contributed by atoms with E-state index in [0.717, 1.165) is 89.9 Å². The second-order valence-electron chi connectivity index (χ2n) is 21.0. The highest BCUT2D eigenvalue weighted by molar-refractivity contribution is 5.80. The molecule has 8 unspecified atom stereocenters. The predicted octanol–water partition coefficient (Wildman–Crippen LogP) is 14.7. The van der Waals surface area contributed by atoms with Gasteiger partial charge in [-0.05, 0) is 96.3 Å². The molecule has 1 saturated heterocycles. The molecule has 1 aliphatic rings. The van der Waals surface area contributed by atoms with Gasteiger partial charge in [-0.25, -0.2) is 0 Å². The molecule has 77 heavy (non-hydrogen) atoms. The van der Waals surface area contributed by atoms with Gasteiger partial charge in [-0.1, -0.05) is 240 Å². The number of amides is 1. The van der Waals surface area contributed by atoms with E-state index >= 15 is 0 Å². The van der Waals surface area contributed by atoms with Gasteiger partial charge in [0.05, 0.1) is 25.4 Å². The standard InChI is InChI=1S/C66H113NO10/c1-4-7-10-13-16-19-22-24-26-28-29-30-31-32-34-36-39-42-45-48-51-54-61(71)77-64-63(73)62(72)60(55-68)76-66(64)75-56-57(58(69)52-49-46-43-40-37-21-18-15-12-9-6-3)67-65(74)59(70)53-50-47-44-41-38-35-33-27-25-23-20-17-14-11-8-5-2/h8,11,16-17,19-20,24-27,35,38,44,47,49,52,57-60,62-64,66,68-70,72-73H,4-7,9-10,12-15,18,21-23,28-34,36-37,39-43,45-46,48,50-51,53-56H2,1-3H3,(H,67,74)/b11-8-,19-16-,20-17-,26-24-,27-25-,38-35-,47-44-,52-49+. The zero-order valence-electron chi connectivity index (χ0n) is 48.8. The summed E-state index contributed by atoms with van der Waals surface area (Å²) in [6.07, 6.45) is 60.3. The molecule has 0 aliphatic carbocycles. The van der Waals surface area contributed by atoms with Gasteiger partial charge in [-0.3, -0.25) is 9.59 Å². The Morgan fingerprint density at radius 3 is 1.43 bits per heavy atom. The van der Waals surface area contributed by atoms with E-state index < -0.39 is 67.4 Å². The molecule has 8 atom stereocenters. The SMILES string of the molecule is CC/C=C\C/C=C\C/C=C\C/C=C\C/C=C\CCC(O)C(=O)NC(COC1OC(CO)C(O)C(O)C1OC(=O)CCCCCCCCCCCCC/C=C\C/C=C\CCCCC)C(O)/C=C/CCCCCCCCCCC. The molecule has 1 aliphatic heterocycles. The summed E-state index contributed by atoms with van der Waals surface area (Å²) in [4.78, 5) is 26.5. The minimum absolute atomic E-state index is 0.110. The first-order chi connectivity index (χ1) is 37.7. The van der Waals surface area contributed by atoms with Crippen LogP contribution in [0.2, 0.25) is 0 Å². The largest absolute Gasteiger partial charge is 0.454 e. The summed E-state index contributed by atoms with van der Waals surface area (Å²) in [6.45, 7) is 5.60. The lowest BCUT2D eigenvalue weighted by atomic mass is 9.99. The van der Waals surface area contributed by atoms with Crippen molar-refractivity contribution in [1.82, 2.24) is 5.32 Å². The monoisotopic (exact) mass is 1080 g/mol. The van der Waals surface area contributed by atoms with Crippen LogP contribution in [0.4, 0.5) is 0 Å². The topological polar surface area (TPSA) is 175 Å². The fourth-order valence-corrected chi connectivity index (χ4v) is 9.07. The number of unbranched alkanes of at least 4 members (excludes halogenated alkanes) is 23. The molecule has 0 radical (unpaired) electrons. The van der Waals surface area contributed by atoms with Crippen molar-refractivity contribution in [2.24, 2.45) is 0 Å². The fourth-order valence-electron chi connectivity index (χ4n) is 9.07. The first kappa shape index (κ1) is 71.6. The molecule has 1 heterocycles. The van der Waals surface area contributed by atoms with Gasteiger partial charge in [-0.15, -0.1) is 0 Å². The van der Waals surface area contributed by atoms with Gasteiger partial charge in [0.1, 0.15) is 24.4 Å². The van der Waals surface area contributed by atoms with Crippen LogP contribution in [0.1, 0.15) is 245 Å². The maximum atomic E-state index is 13.4. The third-order valence-corrected chi connectivity index (χ3v) is 14.0. The molecular formula is C66H113NO10. The van der Waals surface area contributed by atoms with E-state index in [-0.39, 0.29) is 19.4 Å². The van der Waals surface area contributed by atoms with Crippen LogP contribution in [0.25, 0.3) is 0 Å². The third-order valence-electron chi connectivity index (χ3n) is 14.0. The number of esters is 1. The van der Waals surface area contributed by atoms with Gasteiger partial charge in [0.2, 0.25) is 5.91 Å². The maximum absolute atomic E-state index is 13.4. The van der Waals surface area contributed by atoms with E-state index in [9.17, 15) is 35.1 Å². The average molecular weight is 1080 g/mol. The molecule has 0 saturated carbocycles. The van der Waals surface area contributed by atoms with E-state index in [1.165, 1.54) is 109 Å². The lowest BCUT2D eigenvalue weighted by molar-refractivity contribution is -0.305. The number of ether oxygens (including phenoxy) is 3. The van der Waals surface area contributed by atoms with E-state index in [2.05, 4.69) is 99.0 Å². The molecule has 0 aromatic rings. The third kappa shape index (κ3) is 41.3. The van der Waals surface area contributed by atoms with Gasteiger partial charge in [0, 0.05) is 6.42 Å². The molecule has 442 valence electrons. The molecule has 1 amide bonds. The molecular weight excluding hydrogens is 967 g/mol. The Morgan fingerprint density at radius 1 is 0.519 bits per heavy atom. The van der Waals surface area contributed by atoms with Crippen LogP contribution in [-0.2, 0) is 23.8 Å². The summed E-state index contributed by atoms with van der Waals surface area (Å²) in [5.41, 5.74) is 0. The minimum Gasteiger partial charge on any atom is -0.454 e. The molecule has 0 bridgehead atoms. The minimum atomic E-state index is -1.63. The average Bonchev–Trinajstić information content (AvgIpc) is 3.43. The molecule has 0 aromatic carbocycles. The molecule has 11 heteroatoms. The van der Waals surface area contributed by atoms with Crippen LogP contribution >= 0.6 is 0 Å². The number of allylic oxidation sites excluding steroid dienone is 15. The Kier molecular flexibility index (Phi) is 49.5. The van der Waals surface area contributed by atoms with Crippen molar-refractivity contribution in [2.45, 2.75) is 294 Å². The number of rotatable bonds is 51. The van der Waals surface area contributed by atoms with Crippen LogP contribution in [-0.4, -0.2) is 99.6 Å². The number of hydrogen-bond donors (Lipinski definition) is 6. The van der Waals surface area contributed by atoms with E-state index in [1.54, 1.807) is 6.08 Å². The highest BCUT2D eigenvalue weighted by Gasteiger charge is 2.47. The summed E-state index contributed by atoms with van der Waals surface area (Å²) >= 11 is 0. The zero-order chi connectivity index (χ0) is 56.1. The van der Waals surface area contributed by atoms with Crippen LogP contribution in [0, 0.1) is 0 Å². The highest BCUT2D eigenvalue weighted by Crippen LogP contribution is 2.26. The molecule has 6 N–H and O–H groups in total. The summed E-state index contributed by atoms with van der Waals surface area (Å²) in [7, 11) is 0. The van der Waals surface area contributed by atoms with E-state index in [4.69, 9.17) is 14.2 Å². The summed E-state index contributed by atoms with van der Waals surface area (Å²) in [5.74, 6) is -1.26. The second kappa shape index (κ2) is 53.2. The first-order valence-electron chi connectivity index (χ1n) is 31.0. The number of nitrogens with one attached hydrogen (secondary N) is 1. The van der Waals surface area contributed by atoms with Gasteiger partial charge >= 0.3 is 5.97 Å². The van der Waals surface area contributed by atoms with Crippen molar-refractivity contribution in [2.75, 3.05) is 13.2 Å². The fraction of sp³-hybridized carbons (Fsp3) is 0.727. The van der Waals surface area contributed by atoms with Crippen LogP contribution in [0.15, 0.2) is 97.2 Å². The Balaban J connectivity index is 2.68. The molecule has 0 aromatic heterocycles. The van der Waals surface area contributed by atoms with E-state index in [0.29, 0.717) is 12.8 Å². The summed E-state index contributed by atoms with van der Waals surface area (Å²) in [6, 6.07) is -1.06. The van der Waals surface area contributed by atoms with Crippen molar-refractivity contribution >= 4 is 11.9 Å². The number of carbonyl (C=O) groups excluding carboxylic acids is 2. The molecule has 11 nitrogen and oxygen atoms in total. The van der Waals surface area contributed by atoms with Gasteiger partial charge in [0.15, 0.2) is 12.4 Å². The predicted molar refractivity (Wildman–Crippen MR) is 319 cm³/mol. The van der Waals surface area contributed by atoms with Crippen molar-refractivity contribution in [3.63, 3.8) is 0 Å². The normalized spacial score (nSPS) is 19.7. The number of aliphatic hydroxyl groups is 5. The van der Waals surface area contributed by atoms with E-state index in [1.807, 2.05) is 18.2 Å². The van der Waals surface area contributed by atoms with Crippen LogP contribution in [0.3, 0.4) is 0 Å². The van der Waals surface area contributed by atoms with Gasteiger partial charge < -0.3 is 45.1 Å². The van der Waals surface area contributed by atoms with Crippen molar-refractivity contribution < 1.29 is 49.3 Å².